The molecule has 134 valence electrons. The van der Waals surface area contributed by atoms with Crippen molar-refractivity contribution in [2.45, 2.75) is 6.54 Å². The fraction of sp³-hybridized carbons (Fsp3) is 0.167. The number of benzene rings is 2. The second kappa shape index (κ2) is 8.35. The van der Waals surface area contributed by atoms with Crippen molar-refractivity contribution in [3.8, 4) is 22.9 Å². The fourth-order valence-corrected chi connectivity index (χ4v) is 2.37. The average Bonchev–Trinajstić information content (AvgIpc) is 3.14. The van der Waals surface area contributed by atoms with Crippen molar-refractivity contribution in [3.63, 3.8) is 0 Å². The van der Waals surface area contributed by atoms with Gasteiger partial charge in [0.2, 0.25) is 11.7 Å². The highest BCUT2D eigenvalue weighted by molar-refractivity contribution is 6.30. The summed E-state index contributed by atoms with van der Waals surface area (Å²) in [6, 6.07) is 14.2. The van der Waals surface area contributed by atoms with Crippen LogP contribution in [0.2, 0.25) is 5.02 Å². The molecular weight excluding hydrogens is 358 g/mol. The summed E-state index contributed by atoms with van der Waals surface area (Å²) in [6.45, 7) is -0.0582. The maximum absolute atomic E-state index is 11.9. The summed E-state index contributed by atoms with van der Waals surface area (Å²) in [5.74, 6) is 1.42. The molecule has 0 spiro atoms. The lowest BCUT2D eigenvalue weighted by atomic mass is 10.2. The van der Waals surface area contributed by atoms with E-state index in [4.69, 9.17) is 25.6 Å². The van der Waals surface area contributed by atoms with Gasteiger partial charge in [-0.05, 0) is 24.3 Å². The van der Waals surface area contributed by atoms with E-state index in [0.29, 0.717) is 22.3 Å². The highest BCUT2D eigenvalue weighted by Gasteiger charge is 2.11. The smallest absolute Gasteiger partial charge is 0.258 e. The molecular formula is C18H16ClN3O4. The van der Waals surface area contributed by atoms with Gasteiger partial charge in [0.1, 0.15) is 0 Å². The lowest BCUT2D eigenvalue weighted by Crippen LogP contribution is -2.28. The molecule has 3 rings (SSSR count). The van der Waals surface area contributed by atoms with Gasteiger partial charge in [-0.2, -0.15) is 4.98 Å². The number of halogens is 1. The Hall–Kier alpha value is -3.06. The van der Waals surface area contributed by atoms with Crippen LogP contribution in [0.5, 0.6) is 11.5 Å². The molecule has 0 saturated heterocycles. The van der Waals surface area contributed by atoms with Gasteiger partial charge in [0.15, 0.2) is 18.1 Å². The van der Waals surface area contributed by atoms with Crippen molar-refractivity contribution in [2.75, 3.05) is 13.7 Å². The third-order valence-corrected chi connectivity index (χ3v) is 3.65. The number of ether oxygens (including phenoxy) is 2. The van der Waals surface area contributed by atoms with Crippen LogP contribution in [0.25, 0.3) is 11.4 Å². The highest BCUT2D eigenvalue weighted by atomic mass is 35.5. The molecule has 8 heteroatoms. The van der Waals surface area contributed by atoms with E-state index in [9.17, 15) is 4.79 Å². The van der Waals surface area contributed by atoms with Crippen LogP contribution >= 0.6 is 11.6 Å². The van der Waals surface area contributed by atoms with Crippen LogP contribution < -0.4 is 14.8 Å². The monoisotopic (exact) mass is 373 g/mol. The normalized spacial score (nSPS) is 10.4. The Morgan fingerprint density at radius 2 is 2.00 bits per heavy atom. The van der Waals surface area contributed by atoms with E-state index in [-0.39, 0.29) is 24.9 Å². The van der Waals surface area contributed by atoms with Crippen LogP contribution in [0, 0.1) is 0 Å². The van der Waals surface area contributed by atoms with Gasteiger partial charge in [-0.1, -0.05) is 41.0 Å². The maximum atomic E-state index is 11.9. The first-order valence-electron chi connectivity index (χ1n) is 7.77. The molecule has 3 aromatic rings. The van der Waals surface area contributed by atoms with Crippen molar-refractivity contribution >= 4 is 17.5 Å². The van der Waals surface area contributed by atoms with E-state index in [1.54, 1.807) is 36.4 Å². The Morgan fingerprint density at radius 1 is 1.19 bits per heavy atom. The number of aromatic nitrogens is 2. The van der Waals surface area contributed by atoms with Gasteiger partial charge in [0.05, 0.1) is 13.7 Å². The number of nitrogens with zero attached hydrogens (tertiary/aromatic N) is 2. The van der Waals surface area contributed by atoms with E-state index in [0.717, 1.165) is 5.56 Å². The Kier molecular flexibility index (Phi) is 5.70. The van der Waals surface area contributed by atoms with Gasteiger partial charge in [0.25, 0.3) is 5.91 Å². The predicted octanol–water partition coefficient (Wildman–Crippen LogP) is 3.09. The van der Waals surface area contributed by atoms with Crippen LogP contribution in [0.3, 0.4) is 0 Å². The molecule has 1 aromatic heterocycles. The van der Waals surface area contributed by atoms with Gasteiger partial charge in [-0.25, -0.2) is 0 Å². The average molecular weight is 374 g/mol. The Morgan fingerprint density at radius 3 is 2.77 bits per heavy atom. The molecule has 26 heavy (non-hydrogen) atoms. The van der Waals surface area contributed by atoms with Crippen LogP contribution in [-0.4, -0.2) is 29.8 Å². The van der Waals surface area contributed by atoms with Crippen LogP contribution in [0.15, 0.2) is 53.1 Å². The molecule has 1 N–H and O–H groups in total. The molecule has 7 nitrogen and oxygen atoms in total. The lowest BCUT2D eigenvalue weighted by Gasteiger charge is -2.09. The van der Waals surface area contributed by atoms with Crippen molar-refractivity contribution in [2.24, 2.45) is 0 Å². The summed E-state index contributed by atoms with van der Waals surface area (Å²) in [7, 11) is 1.54. The first kappa shape index (κ1) is 17.8. The molecule has 0 unspecified atom stereocenters. The third kappa shape index (κ3) is 4.52. The molecule has 0 fully saturated rings. The van der Waals surface area contributed by atoms with Crippen molar-refractivity contribution in [3.05, 3.63) is 59.4 Å². The molecule has 0 bridgehead atoms. The van der Waals surface area contributed by atoms with Gasteiger partial charge in [-0.15, -0.1) is 0 Å². The van der Waals surface area contributed by atoms with Crippen molar-refractivity contribution in [1.82, 2.24) is 15.5 Å². The number of rotatable bonds is 7. The first-order chi connectivity index (χ1) is 12.7. The number of hydrogen-bond acceptors (Lipinski definition) is 6. The predicted molar refractivity (Wildman–Crippen MR) is 95.1 cm³/mol. The first-order valence-corrected chi connectivity index (χ1v) is 8.14. The lowest BCUT2D eigenvalue weighted by molar-refractivity contribution is -0.123. The molecule has 0 atom stereocenters. The molecule has 0 saturated carbocycles. The number of hydrogen-bond donors (Lipinski definition) is 1. The summed E-state index contributed by atoms with van der Waals surface area (Å²) in [5.41, 5.74) is 0.735. The largest absolute Gasteiger partial charge is 0.493 e. The van der Waals surface area contributed by atoms with Crippen LogP contribution in [0.4, 0.5) is 0 Å². The number of methoxy groups -OCH3 is 1. The zero-order chi connectivity index (χ0) is 18.4. The maximum Gasteiger partial charge on any atom is 0.258 e. The van der Waals surface area contributed by atoms with E-state index in [1.807, 2.05) is 12.1 Å². The topological polar surface area (TPSA) is 86.5 Å². The van der Waals surface area contributed by atoms with E-state index < -0.39 is 0 Å². The fourth-order valence-electron chi connectivity index (χ4n) is 2.18. The summed E-state index contributed by atoms with van der Waals surface area (Å²) in [4.78, 5) is 16.2. The second-order valence-electron chi connectivity index (χ2n) is 5.24. The quantitative estimate of drug-likeness (QED) is 0.684. The van der Waals surface area contributed by atoms with Crippen LogP contribution in [-0.2, 0) is 11.3 Å². The molecule has 0 radical (unpaired) electrons. The SMILES string of the molecule is COc1ccccc1OCC(=O)NCc1nc(-c2cccc(Cl)c2)no1. The Labute approximate surface area is 154 Å². The molecule has 0 aliphatic heterocycles. The summed E-state index contributed by atoms with van der Waals surface area (Å²) in [6.07, 6.45) is 0. The standard InChI is InChI=1S/C18H16ClN3O4/c1-24-14-7-2-3-8-15(14)25-11-16(23)20-10-17-21-18(22-26-17)12-5-4-6-13(19)9-12/h2-9H,10-11H2,1H3,(H,20,23). The zero-order valence-electron chi connectivity index (χ0n) is 13.9. The van der Waals surface area contributed by atoms with Crippen LogP contribution in [0.1, 0.15) is 5.89 Å². The van der Waals surface area contributed by atoms with E-state index in [1.165, 1.54) is 7.11 Å². The van der Waals surface area contributed by atoms with Crippen molar-refractivity contribution in [1.29, 1.82) is 0 Å². The molecule has 2 aromatic carbocycles. The number of nitrogens with one attached hydrogen (secondary N) is 1. The second-order valence-corrected chi connectivity index (χ2v) is 5.67. The number of para-hydroxylation sites is 2. The molecule has 1 amide bonds. The summed E-state index contributed by atoms with van der Waals surface area (Å²) < 4.78 is 15.7. The molecule has 0 aliphatic carbocycles. The minimum atomic E-state index is -0.321. The van der Waals surface area contributed by atoms with E-state index in [2.05, 4.69) is 15.5 Å². The summed E-state index contributed by atoms with van der Waals surface area (Å²) >= 11 is 5.95. The number of carbonyl (C=O) groups is 1. The Bertz CT molecular complexity index is 897. The van der Waals surface area contributed by atoms with Gasteiger partial charge < -0.3 is 19.3 Å². The number of amides is 1. The minimum absolute atomic E-state index is 0.0989. The zero-order valence-corrected chi connectivity index (χ0v) is 14.7. The van der Waals surface area contributed by atoms with E-state index >= 15 is 0 Å². The highest BCUT2D eigenvalue weighted by Crippen LogP contribution is 2.25. The molecule has 0 aliphatic rings. The molecule has 1 heterocycles. The summed E-state index contributed by atoms with van der Waals surface area (Å²) in [5, 5.41) is 7.11. The van der Waals surface area contributed by atoms with Gasteiger partial charge in [-0.3, -0.25) is 4.79 Å². The minimum Gasteiger partial charge on any atom is -0.493 e. The third-order valence-electron chi connectivity index (χ3n) is 3.42. The number of carbonyl (C=O) groups excluding carboxylic acids is 1. The van der Waals surface area contributed by atoms with Crippen molar-refractivity contribution < 1.29 is 18.8 Å². The van der Waals surface area contributed by atoms with Gasteiger partial charge >= 0.3 is 0 Å². The Balaban J connectivity index is 1.52. The van der Waals surface area contributed by atoms with Gasteiger partial charge in [0, 0.05) is 10.6 Å².